The first kappa shape index (κ1) is 23.4. The van der Waals surface area contributed by atoms with Crippen LogP contribution in [0.1, 0.15) is 38.4 Å². The molecule has 1 saturated carbocycles. The zero-order valence-electron chi connectivity index (χ0n) is 19.7. The lowest BCUT2D eigenvalue weighted by Crippen LogP contribution is -2.36. The molecule has 0 spiro atoms. The molecule has 186 valence electrons. The van der Waals surface area contributed by atoms with E-state index in [0.717, 1.165) is 12.8 Å². The Kier molecular flexibility index (Phi) is 5.82. The van der Waals surface area contributed by atoms with E-state index in [2.05, 4.69) is 20.4 Å². The summed E-state index contributed by atoms with van der Waals surface area (Å²) in [7, 11) is 1.49. The molecule has 0 bridgehead atoms. The number of aromatic nitrogens is 5. The van der Waals surface area contributed by atoms with Crippen molar-refractivity contribution in [2.45, 2.75) is 64.1 Å². The second-order valence-electron chi connectivity index (χ2n) is 9.37. The second-order valence-corrected chi connectivity index (χ2v) is 9.37. The zero-order valence-corrected chi connectivity index (χ0v) is 19.7. The number of ether oxygens (including phenoxy) is 1. The van der Waals surface area contributed by atoms with Crippen LogP contribution in [0.2, 0.25) is 0 Å². The smallest absolute Gasteiger partial charge is 0.256 e. The maximum atomic E-state index is 15.0. The van der Waals surface area contributed by atoms with Crippen LogP contribution in [0.3, 0.4) is 0 Å². The highest BCUT2D eigenvalue weighted by Crippen LogP contribution is 2.35. The molecule has 8 nitrogen and oxygen atoms in total. The fourth-order valence-corrected chi connectivity index (χ4v) is 4.82. The normalized spacial score (nSPS) is 20.7. The van der Waals surface area contributed by atoms with E-state index < -0.39 is 24.4 Å². The van der Waals surface area contributed by atoms with Crippen molar-refractivity contribution in [3.05, 3.63) is 36.0 Å². The lowest BCUT2D eigenvalue weighted by atomic mass is 9.84. The number of aryl methyl sites for hydroxylation is 1. The number of imidazole rings is 1. The van der Waals surface area contributed by atoms with E-state index in [4.69, 9.17) is 4.74 Å². The third kappa shape index (κ3) is 4.40. The number of nitrogens with zero attached hydrogens (tertiary/aromatic N) is 5. The number of fused-ring (bicyclic) bond motifs is 2. The Balaban J connectivity index is 1.54. The van der Waals surface area contributed by atoms with Gasteiger partial charge in [-0.25, -0.2) is 22.7 Å². The Labute approximate surface area is 199 Å². The Morgan fingerprint density at radius 2 is 2.00 bits per heavy atom. The number of hydrogen-bond acceptors (Lipinski definition) is 6. The Hall–Kier alpha value is -3.34. The van der Waals surface area contributed by atoms with Crippen LogP contribution in [0.4, 0.5) is 19.1 Å². The Bertz CT molecular complexity index is 1390. The first-order valence-electron chi connectivity index (χ1n) is 11.5. The van der Waals surface area contributed by atoms with Gasteiger partial charge >= 0.3 is 0 Å². The molecular weight excluding hydrogens is 461 g/mol. The van der Waals surface area contributed by atoms with Gasteiger partial charge in [0.1, 0.15) is 16.9 Å². The topological polar surface area (TPSA) is 89.5 Å². The van der Waals surface area contributed by atoms with Crippen LogP contribution >= 0.6 is 0 Å². The summed E-state index contributed by atoms with van der Waals surface area (Å²) < 4.78 is 49.7. The number of halogens is 3. The molecular formula is C24H27F3N6O2. The number of hydrogen-bond donors (Lipinski definition) is 2. The molecule has 2 N–H and O–H groups in total. The van der Waals surface area contributed by atoms with Crippen LogP contribution in [0.15, 0.2) is 24.4 Å². The van der Waals surface area contributed by atoms with E-state index in [1.807, 2.05) is 6.92 Å². The van der Waals surface area contributed by atoms with Crippen molar-refractivity contribution in [1.82, 2.24) is 24.1 Å². The van der Waals surface area contributed by atoms with Gasteiger partial charge in [-0.1, -0.05) is 0 Å². The average Bonchev–Trinajstić information content (AvgIpc) is 3.36. The maximum Gasteiger partial charge on any atom is 0.256 e. The SMILES string of the molecule is COc1nc(N[C@H]2CC[C@@](C)(O)CC2)nn2ccc(-c3cc(F)c4nc(C)n(CC(F)F)c4c3)c12. The molecule has 11 heteroatoms. The van der Waals surface area contributed by atoms with Crippen molar-refractivity contribution in [3.8, 4) is 17.0 Å². The molecule has 0 radical (unpaired) electrons. The van der Waals surface area contributed by atoms with Crippen molar-refractivity contribution in [2.24, 2.45) is 0 Å². The Morgan fingerprint density at radius 3 is 2.69 bits per heavy atom. The number of methoxy groups -OCH3 is 1. The molecule has 0 saturated heterocycles. The second kappa shape index (κ2) is 8.71. The fraction of sp³-hybridized carbons (Fsp3) is 0.458. The molecule has 4 aromatic rings. The largest absolute Gasteiger partial charge is 0.479 e. The minimum Gasteiger partial charge on any atom is -0.479 e. The number of alkyl halides is 2. The third-order valence-corrected chi connectivity index (χ3v) is 6.70. The highest BCUT2D eigenvalue weighted by Gasteiger charge is 2.29. The van der Waals surface area contributed by atoms with Gasteiger partial charge in [-0.05, 0) is 63.3 Å². The van der Waals surface area contributed by atoms with Crippen molar-refractivity contribution in [1.29, 1.82) is 0 Å². The minimum absolute atomic E-state index is 0.0524. The molecule has 5 rings (SSSR count). The van der Waals surface area contributed by atoms with E-state index in [1.165, 1.54) is 17.7 Å². The number of rotatable bonds is 6. The van der Waals surface area contributed by atoms with E-state index in [1.54, 1.807) is 29.8 Å². The van der Waals surface area contributed by atoms with Gasteiger partial charge in [-0.15, -0.1) is 5.10 Å². The Morgan fingerprint density at radius 1 is 1.26 bits per heavy atom. The summed E-state index contributed by atoms with van der Waals surface area (Å²) in [4.78, 5) is 8.65. The molecule has 1 aliphatic rings. The molecule has 0 atom stereocenters. The highest BCUT2D eigenvalue weighted by molar-refractivity contribution is 5.90. The van der Waals surface area contributed by atoms with Crippen LogP contribution < -0.4 is 10.1 Å². The summed E-state index contributed by atoms with van der Waals surface area (Å²) in [6, 6.07) is 4.86. The first-order valence-corrected chi connectivity index (χ1v) is 11.5. The van der Waals surface area contributed by atoms with Crippen LogP contribution in [0.25, 0.3) is 27.7 Å². The number of aliphatic hydroxyl groups is 1. The summed E-state index contributed by atoms with van der Waals surface area (Å²) in [5.41, 5.74) is 1.31. The summed E-state index contributed by atoms with van der Waals surface area (Å²) in [5.74, 6) is 0.400. The molecule has 1 aromatic carbocycles. The van der Waals surface area contributed by atoms with E-state index >= 15 is 0 Å². The zero-order chi connectivity index (χ0) is 24.9. The molecule has 0 aliphatic heterocycles. The standard InChI is InChI=1S/C24H27F3N6O2/c1-13-28-20-17(25)10-14(11-18(20)32(13)12-19(26)27)16-6-9-33-21(16)22(35-3)30-23(31-33)29-15-4-7-24(2,34)8-5-15/h6,9-11,15,19,34H,4-5,7-8,12H2,1-3H3,(H,29,31)/t15-,24+. The predicted molar refractivity (Wildman–Crippen MR) is 125 cm³/mol. The molecule has 0 amide bonds. The summed E-state index contributed by atoms with van der Waals surface area (Å²) in [6.45, 7) is 2.85. The van der Waals surface area contributed by atoms with Crippen molar-refractivity contribution in [2.75, 3.05) is 12.4 Å². The fourth-order valence-electron chi connectivity index (χ4n) is 4.82. The number of benzene rings is 1. The molecule has 35 heavy (non-hydrogen) atoms. The van der Waals surface area contributed by atoms with Gasteiger partial charge in [0, 0.05) is 17.8 Å². The third-order valence-electron chi connectivity index (χ3n) is 6.70. The maximum absolute atomic E-state index is 15.0. The van der Waals surface area contributed by atoms with Gasteiger partial charge in [0.25, 0.3) is 6.43 Å². The number of nitrogens with one attached hydrogen (secondary N) is 1. The number of anilines is 1. The lowest BCUT2D eigenvalue weighted by molar-refractivity contribution is 0.0195. The van der Waals surface area contributed by atoms with Crippen molar-refractivity contribution >= 4 is 22.5 Å². The van der Waals surface area contributed by atoms with Crippen molar-refractivity contribution < 1.29 is 23.0 Å². The lowest BCUT2D eigenvalue weighted by Gasteiger charge is -2.33. The highest BCUT2D eigenvalue weighted by atomic mass is 19.3. The summed E-state index contributed by atoms with van der Waals surface area (Å²) in [6.07, 6.45) is 2.08. The molecule has 0 unspecified atom stereocenters. The average molecular weight is 489 g/mol. The first-order chi connectivity index (χ1) is 16.6. The van der Waals surface area contributed by atoms with Gasteiger partial charge in [-0.3, -0.25) is 0 Å². The monoisotopic (exact) mass is 488 g/mol. The van der Waals surface area contributed by atoms with Crippen LogP contribution in [-0.4, -0.2) is 54.4 Å². The van der Waals surface area contributed by atoms with Gasteiger partial charge in [0.2, 0.25) is 11.8 Å². The van der Waals surface area contributed by atoms with E-state index in [9.17, 15) is 18.3 Å². The summed E-state index contributed by atoms with van der Waals surface area (Å²) in [5, 5.41) is 18.1. The van der Waals surface area contributed by atoms with Gasteiger partial charge in [0.05, 0.1) is 24.8 Å². The van der Waals surface area contributed by atoms with Crippen LogP contribution in [0.5, 0.6) is 5.88 Å². The van der Waals surface area contributed by atoms with Gasteiger partial charge < -0.3 is 19.7 Å². The van der Waals surface area contributed by atoms with Crippen LogP contribution in [-0.2, 0) is 6.54 Å². The molecule has 3 heterocycles. The molecule has 1 aliphatic carbocycles. The summed E-state index contributed by atoms with van der Waals surface area (Å²) >= 11 is 0. The minimum atomic E-state index is -2.59. The van der Waals surface area contributed by atoms with Gasteiger partial charge in [-0.2, -0.15) is 4.98 Å². The van der Waals surface area contributed by atoms with E-state index in [-0.39, 0.29) is 11.6 Å². The molecule has 1 fully saturated rings. The predicted octanol–water partition coefficient (Wildman–Crippen LogP) is 4.57. The molecule has 3 aromatic heterocycles. The van der Waals surface area contributed by atoms with Crippen LogP contribution in [0, 0.1) is 12.7 Å². The quantitative estimate of drug-likeness (QED) is 0.413. The van der Waals surface area contributed by atoms with E-state index in [0.29, 0.717) is 52.7 Å². The van der Waals surface area contributed by atoms with Gasteiger partial charge in [0.15, 0.2) is 5.82 Å². The van der Waals surface area contributed by atoms with Crippen molar-refractivity contribution in [3.63, 3.8) is 0 Å².